The molecule has 0 rings (SSSR count). The van der Waals surface area contributed by atoms with E-state index in [-0.39, 0.29) is 0 Å². The van der Waals surface area contributed by atoms with Crippen LogP contribution in [0.2, 0.25) is 0 Å². The molecule has 36 valence electrons. The Morgan fingerprint density at radius 2 is 2.50 bits per heavy atom. The second-order valence-corrected chi connectivity index (χ2v) is 0.997. The van der Waals surface area contributed by atoms with Gasteiger partial charge < -0.3 is 5.73 Å². The van der Waals surface area contributed by atoms with Gasteiger partial charge in [0.2, 0.25) is 0 Å². The van der Waals surface area contributed by atoms with Gasteiger partial charge in [-0.3, -0.25) is 0 Å². The van der Waals surface area contributed by atoms with Crippen molar-refractivity contribution in [3.8, 4) is 0 Å². The first-order valence-electron chi connectivity index (χ1n) is 1.78. The molecule has 2 N–H and O–H groups in total. The van der Waals surface area contributed by atoms with E-state index in [1.54, 1.807) is 13.0 Å². The number of rotatable bonds is 1. The summed E-state index contributed by atoms with van der Waals surface area (Å²) in [4.78, 5) is 0. The highest BCUT2D eigenvalue weighted by molar-refractivity contribution is 4.92. The summed E-state index contributed by atoms with van der Waals surface area (Å²) in [6, 6.07) is 0. The predicted octanol–water partition coefficient (Wildman–Crippen LogP) is 0.818. The zero-order chi connectivity index (χ0) is 4.99. The van der Waals surface area contributed by atoms with Gasteiger partial charge in [0.25, 0.3) is 0 Å². The Morgan fingerprint density at radius 1 is 2.00 bits per heavy atom. The first-order valence-corrected chi connectivity index (χ1v) is 1.78. The normalized spacial score (nSPS) is 12.0. The van der Waals surface area contributed by atoms with Gasteiger partial charge >= 0.3 is 0 Å². The van der Waals surface area contributed by atoms with Crippen LogP contribution in [-0.2, 0) is 0 Å². The van der Waals surface area contributed by atoms with Crippen molar-refractivity contribution in [1.29, 1.82) is 0 Å². The Labute approximate surface area is 36.6 Å². The molecule has 0 unspecified atom stereocenters. The minimum Gasteiger partial charge on any atom is -0.400 e. The van der Waals surface area contributed by atoms with E-state index in [9.17, 15) is 4.39 Å². The van der Waals surface area contributed by atoms with Crippen LogP contribution < -0.4 is 5.73 Å². The van der Waals surface area contributed by atoms with E-state index in [2.05, 4.69) is 0 Å². The Balaban J connectivity index is 3.22. The van der Waals surface area contributed by atoms with E-state index in [4.69, 9.17) is 5.73 Å². The molecule has 0 saturated carbocycles. The average Bonchev–Trinajstić information content (AvgIpc) is 1.65. The molecule has 0 saturated heterocycles. The molecule has 0 aromatic carbocycles. The molecule has 0 aromatic rings. The fraction of sp³-hybridized carbons (Fsp3) is 0.500. The Bertz CT molecular complexity index is 58.6. The van der Waals surface area contributed by atoms with Gasteiger partial charge in [-0.25, -0.2) is 4.39 Å². The lowest BCUT2D eigenvalue weighted by Gasteiger charge is -1.83. The summed E-state index contributed by atoms with van der Waals surface area (Å²) in [5.74, 6) is 0. The van der Waals surface area contributed by atoms with Gasteiger partial charge in [0.1, 0.15) is 6.67 Å². The molecule has 0 heterocycles. The zero-order valence-electron chi connectivity index (χ0n) is 3.74. The minimum atomic E-state index is -0.531. The molecule has 0 aliphatic heterocycles. The molecular formula is C4H8FN. The van der Waals surface area contributed by atoms with E-state index < -0.39 is 6.67 Å². The highest BCUT2D eigenvalue weighted by Crippen LogP contribution is 1.79. The van der Waals surface area contributed by atoms with Crippen LogP contribution in [0.25, 0.3) is 0 Å². The Hall–Kier alpha value is -0.530. The molecular weight excluding hydrogens is 81.0 g/mol. The maximum atomic E-state index is 11.2. The molecule has 0 aliphatic rings. The van der Waals surface area contributed by atoms with E-state index in [1.165, 1.54) is 0 Å². The number of alkyl halides is 1. The van der Waals surface area contributed by atoms with Crippen molar-refractivity contribution in [3.05, 3.63) is 11.8 Å². The number of nitrogens with two attached hydrogens (primary N) is 1. The van der Waals surface area contributed by atoms with Crippen LogP contribution in [0.15, 0.2) is 11.8 Å². The molecule has 6 heavy (non-hydrogen) atoms. The molecule has 1 nitrogen and oxygen atoms in total. The lowest BCUT2D eigenvalue weighted by atomic mass is 10.5. The lowest BCUT2D eigenvalue weighted by molar-refractivity contribution is 0.539. The van der Waals surface area contributed by atoms with Crippen molar-refractivity contribution in [2.24, 2.45) is 5.73 Å². The Kier molecular flexibility index (Phi) is 2.46. The van der Waals surface area contributed by atoms with E-state index in [1.807, 2.05) is 0 Å². The first kappa shape index (κ1) is 5.47. The van der Waals surface area contributed by atoms with Crippen LogP contribution >= 0.6 is 0 Å². The van der Waals surface area contributed by atoms with Crippen LogP contribution in [0.5, 0.6) is 0 Å². The summed E-state index contributed by atoms with van der Waals surface area (Å²) in [5.41, 5.74) is 5.26. The maximum absolute atomic E-state index is 11.2. The predicted molar refractivity (Wildman–Crippen MR) is 23.9 cm³/mol. The van der Waals surface area contributed by atoms with E-state index >= 15 is 0 Å². The summed E-state index contributed by atoms with van der Waals surface area (Å²) in [6.07, 6.45) is 1.54. The van der Waals surface area contributed by atoms with Crippen LogP contribution in [0, 0.1) is 0 Å². The summed E-state index contributed by atoms with van der Waals surface area (Å²) in [7, 11) is 0. The molecule has 0 atom stereocenters. The number of hydrogen-bond donors (Lipinski definition) is 1. The van der Waals surface area contributed by atoms with Gasteiger partial charge in [-0.15, -0.1) is 0 Å². The van der Waals surface area contributed by atoms with Gasteiger partial charge in [0.05, 0.1) is 0 Å². The minimum absolute atomic E-state index is 0.301. The van der Waals surface area contributed by atoms with Crippen molar-refractivity contribution in [2.45, 2.75) is 6.92 Å². The van der Waals surface area contributed by atoms with E-state index in [0.29, 0.717) is 5.70 Å². The zero-order valence-corrected chi connectivity index (χ0v) is 3.74. The second-order valence-electron chi connectivity index (χ2n) is 0.997. The third kappa shape index (κ3) is 1.76. The summed E-state index contributed by atoms with van der Waals surface area (Å²) >= 11 is 0. The topological polar surface area (TPSA) is 26.0 Å². The highest BCUT2D eigenvalue weighted by atomic mass is 19.1. The van der Waals surface area contributed by atoms with Gasteiger partial charge in [0.15, 0.2) is 0 Å². The van der Waals surface area contributed by atoms with Crippen LogP contribution in [0.4, 0.5) is 4.39 Å². The summed E-state index contributed by atoms with van der Waals surface area (Å²) in [5, 5.41) is 0. The molecule has 0 fully saturated rings. The number of allylic oxidation sites excluding steroid dienone is 2. The van der Waals surface area contributed by atoms with Gasteiger partial charge in [-0.1, -0.05) is 6.08 Å². The fourth-order valence-corrected chi connectivity index (χ4v) is 0.0772. The van der Waals surface area contributed by atoms with Crippen molar-refractivity contribution >= 4 is 0 Å². The lowest BCUT2D eigenvalue weighted by Crippen LogP contribution is -1.96. The number of halogens is 1. The third-order valence-electron chi connectivity index (χ3n) is 0.525. The monoisotopic (exact) mass is 89.1 g/mol. The molecule has 0 bridgehead atoms. The SMILES string of the molecule is C/C=C(\N)CF. The Morgan fingerprint density at radius 3 is 2.50 bits per heavy atom. The van der Waals surface area contributed by atoms with Gasteiger partial charge in [0, 0.05) is 5.70 Å². The van der Waals surface area contributed by atoms with Gasteiger partial charge in [-0.05, 0) is 6.92 Å². The standard InChI is InChI=1S/C4H8FN/c1-2-4(6)3-5/h2H,3,6H2,1H3/b4-2-. The van der Waals surface area contributed by atoms with Crippen LogP contribution in [0.1, 0.15) is 6.92 Å². The number of hydrogen-bond acceptors (Lipinski definition) is 1. The molecule has 0 aliphatic carbocycles. The van der Waals surface area contributed by atoms with E-state index in [0.717, 1.165) is 0 Å². The molecule has 0 spiro atoms. The smallest absolute Gasteiger partial charge is 0.128 e. The molecule has 0 radical (unpaired) electrons. The first-order chi connectivity index (χ1) is 2.81. The van der Waals surface area contributed by atoms with Crippen molar-refractivity contribution in [2.75, 3.05) is 6.67 Å². The fourth-order valence-electron chi connectivity index (χ4n) is 0.0772. The largest absolute Gasteiger partial charge is 0.400 e. The highest BCUT2D eigenvalue weighted by Gasteiger charge is 1.77. The van der Waals surface area contributed by atoms with Crippen molar-refractivity contribution < 1.29 is 4.39 Å². The quantitative estimate of drug-likeness (QED) is 0.505. The van der Waals surface area contributed by atoms with Crippen LogP contribution in [-0.4, -0.2) is 6.67 Å². The molecule has 0 amide bonds. The van der Waals surface area contributed by atoms with Gasteiger partial charge in [-0.2, -0.15) is 0 Å². The third-order valence-corrected chi connectivity index (χ3v) is 0.525. The second kappa shape index (κ2) is 2.69. The average molecular weight is 89.1 g/mol. The molecule has 2 heteroatoms. The summed E-state index contributed by atoms with van der Waals surface area (Å²) < 4.78 is 11.2. The van der Waals surface area contributed by atoms with Crippen LogP contribution in [0.3, 0.4) is 0 Å². The molecule has 0 aromatic heterocycles. The maximum Gasteiger partial charge on any atom is 0.128 e. The van der Waals surface area contributed by atoms with Crippen molar-refractivity contribution in [1.82, 2.24) is 0 Å². The van der Waals surface area contributed by atoms with Crippen molar-refractivity contribution in [3.63, 3.8) is 0 Å². The summed E-state index contributed by atoms with van der Waals surface area (Å²) in [6.45, 7) is 1.17.